The third-order valence-corrected chi connectivity index (χ3v) is 10.1. The standard InChI is InChI=1S/C38H44N8O3/c1-5-34(47)46-19-18-45(22-29(46)12-15-39)37-30-14-17-44(33-11-7-10-28-9-6-8-26(2)36(28)33)23-32(30)41-38(31(37)20-40)49-25-27-13-16-43(21-27)24-35(48)42(3)4/h5-11,27,29H,1,12-14,16-19,21-25H2,2-4H3/t27?,29-/m0/s1. The average molecular weight is 661 g/mol. The first-order valence-corrected chi connectivity index (χ1v) is 17.0. The van der Waals surface area contributed by atoms with Crippen LogP contribution in [0.15, 0.2) is 49.1 Å². The Bertz CT molecular complexity index is 1840. The molecule has 2 amide bonds. The van der Waals surface area contributed by atoms with Crippen molar-refractivity contribution in [1.82, 2.24) is 19.7 Å². The SMILES string of the molecule is C=CC(=O)N1CCN(c2c(C#N)c(OCC3CCN(CC(=O)N(C)C)C3)nc3c2CCN(c2cccc4cccc(C)c24)C3)C[C@@H]1CC#N. The van der Waals surface area contributed by atoms with Gasteiger partial charge in [0, 0.05) is 69.4 Å². The summed E-state index contributed by atoms with van der Waals surface area (Å²) in [5, 5.41) is 22.7. The van der Waals surface area contributed by atoms with Gasteiger partial charge in [0.25, 0.3) is 0 Å². The number of anilines is 2. The summed E-state index contributed by atoms with van der Waals surface area (Å²) < 4.78 is 6.46. The number of amides is 2. The molecule has 0 bridgehead atoms. The quantitative estimate of drug-likeness (QED) is 0.315. The lowest BCUT2D eigenvalue weighted by atomic mass is 9.95. The highest BCUT2D eigenvalue weighted by Gasteiger charge is 2.35. The van der Waals surface area contributed by atoms with E-state index in [-0.39, 0.29) is 30.2 Å². The van der Waals surface area contributed by atoms with Crippen molar-refractivity contribution in [1.29, 1.82) is 10.5 Å². The first-order chi connectivity index (χ1) is 23.7. The zero-order valence-electron chi connectivity index (χ0n) is 28.7. The van der Waals surface area contributed by atoms with E-state index < -0.39 is 0 Å². The van der Waals surface area contributed by atoms with Gasteiger partial charge in [0.1, 0.15) is 11.6 Å². The van der Waals surface area contributed by atoms with E-state index in [9.17, 15) is 20.1 Å². The third-order valence-electron chi connectivity index (χ3n) is 10.1. The molecule has 0 N–H and O–H groups in total. The van der Waals surface area contributed by atoms with Crippen LogP contribution in [0.3, 0.4) is 0 Å². The molecule has 0 radical (unpaired) electrons. The van der Waals surface area contributed by atoms with E-state index in [0.717, 1.165) is 48.7 Å². The van der Waals surface area contributed by atoms with Gasteiger partial charge in [0.2, 0.25) is 17.7 Å². The van der Waals surface area contributed by atoms with Crippen molar-refractivity contribution in [2.45, 2.75) is 38.8 Å². The maximum Gasteiger partial charge on any atom is 0.246 e. The number of ether oxygens (including phenoxy) is 1. The Morgan fingerprint density at radius 3 is 2.61 bits per heavy atom. The van der Waals surface area contributed by atoms with Crippen molar-refractivity contribution in [3.8, 4) is 18.0 Å². The molecule has 6 rings (SSSR count). The number of carbonyl (C=O) groups is 2. The van der Waals surface area contributed by atoms with Gasteiger partial charge in [-0.3, -0.25) is 14.5 Å². The maximum absolute atomic E-state index is 12.7. The van der Waals surface area contributed by atoms with Crippen LogP contribution in [0, 0.1) is 35.5 Å². The van der Waals surface area contributed by atoms with Crippen molar-refractivity contribution in [3.05, 3.63) is 71.4 Å². The van der Waals surface area contributed by atoms with E-state index in [0.29, 0.717) is 57.2 Å². The van der Waals surface area contributed by atoms with Crippen LogP contribution in [0.5, 0.6) is 5.88 Å². The Hall–Kier alpha value is -5.13. The third kappa shape index (κ3) is 6.90. The number of likely N-dealkylation sites (tertiary alicyclic amines) is 1. The second-order valence-electron chi connectivity index (χ2n) is 13.5. The molecule has 0 aliphatic carbocycles. The number of pyridine rings is 1. The van der Waals surface area contributed by atoms with Crippen LogP contribution < -0.4 is 14.5 Å². The largest absolute Gasteiger partial charge is 0.476 e. The lowest BCUT2D eigenvalue weighted by Crippen LogP contribution is -2.55. The molecule has 11 nitrogen and oxygen atoms in total. The predicted octanol–water partition coefficient (Wildman–Crippen LogP) is 3.88. The second-order valence-corrected chi connectivity index (χ2v) is 13.5. The number of aromatic nitrogens is 1. The molecule has 254 valence electrons. The summed E-state index contributed by atoms with van der Waals surface area (Å²) in [6, 6.07) is 17.1. The van der Waals surface area contributed by atoms with E-state index in [1.807, 2.05) is 0 Å². The number of nitrogens with zero attached hydrogens (tertiary/aromatic N) is 8. The number of rotatable bonds is 9. The Balaban J connectivity index is 1.34. The average Bonchev–Trinajstić information content (AvgIpc) is 3.56. The maximum atomic E-state index is 12.7. The first-order valence-electron chi connectivity index (χ1n) is 17.0. The summed E-state index contributed by atoms with van der Waals surface area (Å²) in [7, 11) is 3.54. The predicted molar refractivity (Wildman–Crippen MR) is 189 cm³/mol. The van der Waals surface area contributed by atoms with Crippen LogP contribution in [-0.2, 0) is 22.6 Å². The Morgan fingerprint density at radius 1 is 1.08 bits per heavy atom. The fourth-order valence-electron chi connectivity index (χ4n) is 7.53. The minimum absolute atomic E-state index is 0.0739. The molecule has 2 atom stereocenters. The lowest BCUT2D eigenvalue weighted by Gasteiger charge is -2.43. The van der Waals surface area contributed by atoms with Crippen LogP contribution in [0.2, 0.25) is 0 Å². The van der Waals surface area contributed by atoms with Gasteiger partial charge in [-0.05, 0) is 49.4 Å². The normalized spacial score (nSPS) is 19.2. The number of benzene rings is 2. The number of aryl methyl sites for hydroxylation is 1. The van der Waals surface area contributed by atoms with Gasteiger partial charge in [0.15, 0.2) is 0 Å². The van der Waals surface area contributed by atoms with Gasteiger partial charge >= 0.3 is 0 Å². The summed E-state index contributed by atoms with van der Waals surface area (Å²) in [5.74, 6) is 0.396. The van der Waals surface area contributed by atoms with Crippen LogP contribution >= 0.6 is 0 Å². The molecule has 3 aliphatic heterocycles. The van der Waals surface area contributed by atoms with Crippen molar-refractivity contribution in [3.63, 3.8) is 0 Å². The zero-order chi connectivity index (χ0) is 34.7. The van der Waals surface area contributed by atoms with Crippen molar-refractivity contribution < 1.29 is 14.3 Å². The fraction of sp³-hybridized carbons (Fsp3) is 0.447. The van der Waals surface area contributed by atoms with Gasteiger partial charge in [0.05, 0.1) is 49.6 Å². The number of hydrogen-bond donors (Lipinski definition) is 0. The van der Waals surface area contributed by atoms with E-state index in [1.54, 1.807) is 23.9 Å². The molecular formula is C38H44N8O3. The Morgan fingerprint density at radius 2 is 1.88 bits per heavy atom. The molecule has 0 saturated carbocycles. The molecule has 2 fully saturated rings. The number of likely N-dealkylation sites (N-methyl/N-ethyl adjacent to an activating group) is 1. The molecule has 11 heteroatoms. The minimum atomic E-state index is -0.336. The van der Waals surface area contributed by atoms with Gasteiger partial charge in [-0.2, -0.15) is 10.5 Å². The number of fused-ring (bicyclic) bond motifs is 2. The smallest absolute Gasteiger partial charge is 0.246 e. The highest BCUT2D eigenvalue weighted by atomic mass is 16.5. The molecule has 0 spiro atoms. The molecule has 49 heavy (non-hydrogen) atoms. The monoisotopic (exact) mass is 660 g/mol. The van der Waals surface area contributed by atoms with Crippen LogP contribution in [-0.4, -0.2) is 104 Å². The molecular weight excluding hydrogens is 616 g/mol. The van der Waals surface area contributed by atoms with Gasteiger partial charge in [-0.15, -0.1) is 0 Å². The number of carbonyl (C=O) groups excluding carboxylic acids is 2. The van der Waals surface area contributed by atoms with Crippen molar-refractivity contribution in [2.24, 2.45) is 5.92 Å². The molecule has 3 aromatic rings. The Labute approximate surface area is 288 Å². The van der Waals surface area contributed by atoms with Crippen molar-refractivity contribution in [2.75, 3.05) is 76.3 Å². The lowest BCUT2D eigenvalue weighted by molar-refractivity contribution is -0.130. The van der Waals surface area contributed by atoms with Crippen LogP contribution in [0.4, 0.5) is 11.4 Å². The van der Waals surface area contributed by atoms with E-state index in [1.165, 1.54) is 22.4 Å². The van der Waals surface area contributed by atoms with E-state index in [2.05, 4.69) is 76.7 Å². The summed E-state index contributed by atoms with van der Waals surface area (Å²) in [4.78, 5) is 40.0. The van der Waals surface area contributed by atoms with Crippen molar-refractivity contribution >= 4 is 34.0 Å². The zero-order valence-corrected chi connectivity index (χ0v) is 28.7. The highest BCUT2D eigenvalue weighted by molar-refractivity contribution is 5.97. The number of piperazine rings is 1. The molecule has 4 heterocycles. The summed E-state index contributed by atoms with van der Waals surface area (Å²) in [5.41, 5.74) is 5.45. The van der Waals surface area contributed by atoms with Crippen LogP contribution in [0.25, 0.3) is 10.8 Å². The molecule has 1 aromatic heterocycles. The van der Waals surface area contributed by atoms with Gasteiger partial charge in [-0.1, -0.05) is 36.9 Å². The Kier molecular flexibility index (Phi) is 10.0. The fourth-order valence-corrected chi connectivity index (χ4v) is 7.53. The highest BCUT2D eigenvalue weighted by Crippen LogP contribution is 2.40. The molecule has 3 aliphatic rings. The van der Waals surface area contributed by atoms with Gasteiger partial charge < -0.3 is 24.3 Å². The second kappa shape index (κ2) is 14.6. The number of nitriles is 2. The van der Waals surface area contributed by atoms with E-state index >= 15 is 0 Å². The summed E-state index contributed by atoms with van der Waals surface area (Å²) in [6.07, 6.45) is 3.05. The molecule has 2 aromatic carbocycles. The topological polar surface area (TPSA) is 120 Å². The molecule has 1 unspecified atom stereocenters. The molecule has 2 saturated heterocycles. The van der Waals surface area contributed by atoms with E-state index in [4.69, 9.17) is 9.72 Å². The van der Waals surface area contributed by atoms with Gasteiger partial charge in [-0.25, -0.2) is 4.98 Å². The minimum Gasteiger partial charge on any atom is -0.476 e. The van der Waals surface area contributed by atoms with Crippen LogP contribution in [0.1, 0.15) is 35.2 Å². The number of hydrogen-bond acceptors (Lipinski definition) is 9. The first kappa shape index (κ1) is 33.8. The summed E-state index contributed by atoms with van der Waals surface area (Å²) >= 11 is 0. The summed E-state index contributed by atoms with van der Waals surface area (Å²) in [6.45, 7) is 10.8.